The lowest BCUT2D eigenvalue weighted by atomic mass is 10.1. The van der Waals surface area contributed by atoms with E-state index in [0.717, 1.165) is 0 Å². The molecule has 3 atom stereocenters. The number of aromatic nitrogens is 2. The van der Waals surface area contributed by atoms with Gasteiger partial charge in [0.25, 0.3) is 0 Å². The molecule has 2 heterocycles. The summed E-state index contributed by atoms with van der Waals surface area (Å²) >= 11 is 0. The zero-order chi connectivity index (χ0) is 23.0. The van der Waals surface area contributed by atoms with Crippen LogP contribution in [-0.2, 0) is 9.59 Å². The van der Waals surface area contributed by atoms with Gasteiger partial charge in [-0.25, -0.2) is 9.59 Å². The number of carboxylic acids is 1. The number of nitrogens with one attached hydrogen (secondary N) is 1. The van der Waals surface area contributed by atoms with Crippen LogP contribution in [0.15, 0.2) is 9.52 Å². The molecule has 0 spiro atoms. The Balaban J connectivity index is 2.06. The topological polar surface area (TPSA) is 242 Å². The van der Waals surface area contributed by atoms with Gasteiger partial charge in [-0.3, -0.25) is 9.79 Å². The van der Waals surface area contributed by atoms with Crippen molar-refractivity contribution in [1.82, 2.24) is 20.4 Å². The Kier molecular flexibility index (Phi) is 8.54. The van der Waals surface area contributed by atoms with Crippen molar-refractivity contribution in [2.75, 3.05) is 13.1 Å². The zero-order valence-electron chi connectivity index (χ0n) is 17.1. The number of urea groups is 1. The van der Waals surface area contributed by atoms with E-state index in [9.17, 15) is 19.5 Å². The standard InChI is InChI=1S/C17H29N9O5/c18-9(3-1-7-22-16(20)21)13-24-14(31-25-13)10(5-6-12(19)27)23-17(30)26-8-2-4-11(26)15(28)29/h9-11H,1-8,18H2,(H2,19,27)(H,23,30)(H,28,29)(H4,20,21,22)/t9-,10-,11?/m0/s1. The minimum absolute atomic E-state index is 0.00778. The largest absolute Gasteiger partial charge is 0.480 e. The minimum Gasteiger partial charge on any atom is -0.480 e. The molecule has 1 aliphatic heterocycles. The summed E-state index contributed by atoms with van der Waals surface area (Å²) in [6.07, 6.45) is 2.09. The minimum atomic E-state index is -1.08. The van der Waals surface area contributed by atoms with Gasteiger partial charge >= 0.3 is 12.0 Å². The molecule has 3 amide bonds. The molecular weight excluding hydrogens is 410 g/mol. The molecule has 0 bridgehead atoms. The van der Waals surface area contributed by atoms with Crippen LogP contribution in [0.4, 0.5) is 4.79 Å². The van der Waals surface area contributed by atoms with Crippen molar-refractivity contribution in [1.29, 1.82) is 0 Å². The Morgan fingerprint density at radius 2 is 2.03 bits per heavy atom. The molecule has 0 radical (unpaired) electrons. The number of carboxylic acid groups (broad SMARTS) is 1. The van der Waals surface area contributed by atoms with Gasteiger partial charge in [-0.1, -0.05) is 5.16 Å². The van der Waals surface area contributed by atoms with Crippen molar-refractivity contribution in [3.8, 4) is 0 Å². The molecule has 0 aromatic carbocycles. The third-order valence-electron chi connectivity index (χ3n) is 4.83. The molecule has 0 aliphatic carbocycles. The van der Waals surface area contributed by atoms with Gasteiger partial charge < -0.3 is 42.8 Å². The van der Waals surface area contributed by atoms with E-state index in [4.69, 9.17) is 27.5 Å². The molecule has 1 aromatic rings. The number of guanidine groups is 1. The van der Waals surface area contributed by atoms with E-state index >= 15 is 0 Å². The lowest BCUT2D eigenvalue weighted by molar-refractivity contribution is -0.141. The van der Waals surface area contributed by atoms with E-state index in [1.54, 1.807) is 0 Å². The molecule has 10 N–H and O–H groups in total. The predicted octanol–water partition coefficient (Wildman–Crippen LogP) is -1.31. The van der Waals surface area contributed by atoms with Crippen LogP contribution in [0.25, 0.3) is 0 Å². The van der Waals surface area contributed by atoms with Crippen LogP contribution in [0, 0.1) is 0 Å². The van der Waals surface area contributed by atoms with Crippen LogP contribution in [0.3, 0.4) is 0 Å². The number of likely N-dealkylation sites (tertiary alicyclic amines) is 1. The van der Waals surface area contributed by atoms with E-state index in [1.165, 1.54) is 4.90 Å². The van der Waals surface area contributed by atoms with Crippen molar-refractivity contribution in [3.05, 3.63) is 11.7 Å². The van der Waals surface area contributed by atoms with Gasteiger partial charge in [0.2, 0.25) is 11.8 Å². The average molecular weight is 439 g/mol. The lowest BCUT2D eigenvalue weighted by Gasteiger charge is -2.24. The van der Waals surface area contributed by atoms with Gasteiger partial charge in [0.15, 0.2) is 11.8 Å². The van der Waals surface area contributed by atoms with Crippen LogP contribution in [0.1, 0.15) is 62.3 Å². The Labute approximate surface area is 178 Å². The Hall–Kier alpha value is -3.42. The number of rotatable bonds is 11. The highest BCUT2D eigenvalue weighted by Crippen LogP contribution is 2.23. The summed E-state index contributed by atoms with van der Waals surface area (Å²) in [4.78, 5) is 44.6. The van der Waals surface area contributed by atoms with Gasteiger partial charge in [-0.15, -0.1) is 0 Å². The average Bonchev–Trinajstić information content (AvgIpc) is 3.37. The number of nitrogens with two attached hydrogens (primary N) is 4. The summed E-state index contributed by atoms with van der Waals surface area (Å²) in [5.74, 6) is -1.38. The first-order valence-electron chi connectivity index (χ1n) is 9.91. The molecule has 1 aromatic heterocycles. The highest BCUT2D eigenvalue weighted by molar-refractivity contribution is 5.83. The van der Waals surface area contributed by atoms with Gasteiger partial charge in [0, 0.05) is 19.5 Å². The molecule has 2 rings (SSSR count). The second kappa shape index (κ2) is 11.1. The molecule has 1 unspecified atom stereocenters. The van der Waals surface area contributed by atoms with Crippen molar-refractivity contribution < 1.29 is 24.0 Å². The maximum atomic E-state index is 12.6. The fraction of sp³-hybridized carbons (Fsp3) is 0.647. The summed E-state index contributed by atoms with van der Waals surface area (Å²) in [5, 5.41) is 15.8. The maximum Gasteiger partial charge on any atom is 0.326 e. The third-order valence-corrected chi connectivity index (χ3v) is 4.83. The SMILES string of the molecule is NC(=O)CC[C@H](NC(=O)N1CCCC1C(=O)O)c1nc([C@@H](N)CCCN=C(N)N)no1. The molecule has 0 saturated carbocycles. The number of nitrogens with zero attached hydrogens (tertiary/aromatic N) is 4. The van der Waals surface area contributed by atoms with Gasteiger partial charge in [-0.2, -0.15) is 4.98 Å². The Morgan fingerprint density at radius 1 is 1.29 bits per heavy atom. The lowest BCUT2D eigenvalue weighted by Crippen LogP contribution is -2.47. The number of hydrogen-bond acceptors (Lipinski definition) is 8. The molecule has 1 fully saturated rings. The van der Waals surface area contributed by atoms with E-state index in [-0.39, 0.29) is 30.5 Å². The first-order valence-corrected chi connectivity index (χ1v) is 9.91. The van der Waals surface area contributed by atoms with Gasteiger partial charge in [0.05, 0.1) is 6.04 Å². The van der Waals surface area contributed by atoms with Crippen molar-refractivity contribution in [2.24, 2.45) is 27.9 Å². The maximum absolute atomic E-state index is 12.6. The quantitative estimate of drug-likeness (QED) is 0.135. The summed E-state index contributed by atoms with van der Waals surface area (Å²) in [6.45, 7) is 0.708. The highest BCUT2D eigenvalue weighted by atomic mass is 16.5. The van der Waals surface area contributed by atoms with Crippen LogP contribution >= 0.6 is 0 Å². The highest BCUT2D eigenvalue weighted by Gasteiger charge is 2.35. The van der Waals surface area contributed by atoms with E-state index in [2.05, 4.69) is 20.4 Å². The Bertz CT molecular complexity index is 808. The van der Waals surface area contributed by atoms with Crippen LogP contribution in [0.5, 0.6) is 0 Å². The van der Waals surface area contributed by atoms with Crippen LogP contribution in [-0.4, -0.2) is 63.1 Å². The number of primary amides is 1. The Morgan fingerprint density at radius 3 is 2.68 bits per heavy atom. The van der Waals surface area contributed by atoms with E-state index in [0.29, 0.717) is 38.8 Å². The molecule has 14 nitrogen and oxygen atoms in total. The monoisotopic (exact) mass is 439 g/mol. The zero-order valence-corrected chi connectivity index (χ0v) is 17.1. The van der Waals surface area contributed by atoms with E-state index < -0.39 is 36.0 Å². The number of amides is 3. The smallest absolute Gasteiger partial charge is 0.326 e. The normalized spacial score (nSPS) is 17.7. The summed E-state index contributed by atoms with van der Waals surface area (Å²) in [6, 6.07) is -2.88. The van der Waals surface area contributed by atoms with Crippen molar-refractivity contribution in [3.63, 3.8) is 0 Å². The van der Waals surface area contributed by atoms with Crippen LogP contribution < -0.4 is 28.3 Å². The molecular formula is C17H29N9O5. The van der Waals surface area contributed by atoms with Crippen LogP contribution in [0.2, 0.25) is 0 Å². The predicted molar refractivity (Wildman–Crippen MR) is 108 cm³/mol. The summed E-state index contributed by atoms with van der Waals surface area (Å²) < 4.78 is 5.25. The molecule has 31 heavy (non-hydrogen) atoms. The number of carbonyl (C=O) groups is 3. The van der Waals surface area contributed by atoms with Gasteiger partial charge in [0.1, 0.15) is 12.1 Å². The number of carbonyl (C=O) groups excluding carboxylic acids is 2. The third kappa shape index (κ3) is 7.09. The number of hydrogen-bond donors (Lipinski definition) is 6. The molecule has 1 aliphatic rings. The van der Waals surface area contributed by atoms with Crippen molar-refractivity contribution in [2.45, 2.75) is 56.7 Å². The first-order chi connectivity index (χ1) is 14.7. The molecule has 14 heteroatoms. The summed E-state index contributed by atoms with van der Waals surface area (Å²) in [7, 11) is 0. The van der Waals surface area contributed by atoms with E-state index in [1.807, 2.05) is 0 Å². The van der Waals surface area contributed by atoms with Crippen molar-refractivity contribution >= 4 is 23.9 Å². The fourth-order valence-corrected chi connectivity index (χ4v) is 3.23. The second-order valence-corrected chi connectivity index (χ2v) is 7.24. The second-order valence-electron chi connectivity index (χ2n) is 7.24. The summed E-state index contributed by atoms with van der Waals surface area (Å²) in [5.41, 5.74) is 21.8. The molecule has 1 saturated heterocycles. The van der Waals surface area contributed by atoms with Gasteiger partial charge in [-0.05, 0) is 32.1 Å². The first kappa shape index (κ1) is 23.9. The molecule has 172 valence electrons. The number of aliphatic carboxylic acids is 1. The number of aliphatic imine (C=N–C) groups is 1. The fourth-order valence-electron chi connectivity index (χ4n) is 3.23.